The van der Waals surface area contributed by atoms with Crippen molar-refractivity contribution in [2.45, 2.75) is 28.8 Å². The lowest BCUT2D eigenvalue weighted by molar-refractivity contribution is 0.480. The number of halogens is 2. The van der Waals surface area contributed by atoms with Gasteiger partial charge < -0.3 is 10.6 Å². The first-order chi connectivity index (χ1) is 14.1. The van der Waals surface area contributed by atoms with Crippen LogP contribution in [0.3, 0.4) is 0 Å². The second kappa shape index (κ2) is 9.44. The van der Waals surface area contributed by atoms with Crippen molar-refractivity contribution in [2.24, 2.45) is 0 Å². The maximum absolute atomic E-state index is 13.5. The molecule has 0 bridgehead atoms. The number of aromatic nitrogens is 2. The Balaban J connectivity index is 0.00000136. The highest BCUT2D eigenvalue weighted by atomic mass is 35.5. The van der Waals surface area contributed by atoms with E-state index in [1.54, 1.807) is 12.1 Å². The van der Waals surface area contributed by atoms with Crippen LogP contribution in [-0.4, -0.2) is 37.7 Å². The molecule has 9 heteroatoms. The number of rotatable bonds is 4. The highest BCUT2D eigenvalue weighted by molar-refractivity contribution is 7.91. The van der Waals surface area contributed by atoms with Gasteiger partial charge in [0.15, 0.2) is 5.03 Å². The summed E-state index contributed by atoms with van der Waals surface area (Å²) in [5.41, 5.74) is 1.61. The van der Waals surface area contributed by atoms with Gasteiger partial charge in [0, 0.05) is 29.0 Å². The van der Waals surface area contributed by atoms with Crippen molar-refractivity contribution in [2.75, 3.05) is 18.4 Å². The fraction of sp³-hybridized carbons (Fsp3) is 0.227. The van der Waals surface area contributed by atoms with E-state index in [1.165, 1.54) is 0 Å². The number of anilines is 1. The molecule has 2 heterocycles. The number of sulfone groups is 1. The zero-order valence-corrected chi connectivity index (χ0v) is 19.1. The van der Waals surface area contributed by atoms with E-state index in [9.17, 15) is 8.42 Å². The first-order valence-corrected chi connectivity index (χ1v) is 11.3. The first-order valence-electron chi connectivity index (χ1n) is 9.81. The van der Waals surface area contributed by atoms with Crippen molar-refractivity contribution in [1.29, 1.82) is 0 Å². The van der Waals surface area contributed by atoms with E-state index in [-0.39, 0.29) is 34.7 Å². The lowest BCUT2D eigenvalue weighted by Crippen LogP contribution is -2.38. The van der Waals surface area contributed by atoms with Gasteiger partial charge in [-0.3, -0.25) is 5.10 Å². The van der Waals surface area contributed by atoms with Gasteiger partial charge in [0.2, 0.25) is 9.84 Å². The zero-order chi connectivity index (χ0) is 19.8. The predicted molar refractivity (Wildman–Crippen MR) is 130 cm³/mol. The molecule has 3 aromatic carbocycles. The molecule has 1 saturated heterocycles. The third-order valence-electron chi connectivity index (χ3n) is 5.49. The Bertz CT molecular complexity index is 1300. The van der Waals surface area contributed by atoms with Gasteiger partial charge in [-0.25, -0.2) is 8.42 Å². The molecule has 164 valence electrons. The minimum atomic E-state index is -3.78. The van der Waals surface area contributed by atoms with Crippen LogP contribution in [0.4, 0.5) is 5.69 Å². The fourth-order valence-electron chi connectivity index (χ4n) is 4.03. The van der Waals surface area contributed by atoms with Crippen LogP contribution in [0.15, 0.2) is 70.6 Å². The van der Waals surface area contributed by atoms with E-state index in [2.05, 4.69) is 20.8 Å². The molecule has 1 unspecified atom stereocenters. The molecule has 1 atom stereocenters. The Hall–Kier alpha value is -2.32. The van der Waals surface area contributed by atoms with Gasteiger partial charge in [-0.2, -0.15) is 5.10 Å². The molecule has 0 spiro atoms. The maximum atomic E-state index is 13.5. The summed E-state index contributed by atoms with van der Waals surface area (Å²) in [5, 5.41) is 16.2. The molecule has 0 amide bonds. The average molecular weight is 479 g/mol. The number of fused-ring (bicyclic) bond motifs is 2. The van der Waals surface area contributed by atoms with Gasteiger partial charge in [-0.1, -0.05) is 36.4 Å². The Morgan fingerprint density at radius 2 is 1.77 bits per heavy atom. The Kier molecular flexibility index (Phi) is 7.11. The minimum Gasteiger partial charge on any atom is -0.381 e. The van der Waals surface area contributed by atoms with E-state index < -0.39 is 9.84 Å². The van der Waals surface area contributed by atoms with Crippen LogP contribution < -0.4 is 10.6 Å². The molecule has 1 aliphatic heterocycles. The zero-order valence-electron chi connectivity index (χ0n) is 16.7. The van der Waals surface area contributed by atoms with Crippen LogP contribution >= 0.6 is 24.8 Å². The third kappa shape index (κ3) is 4.36. The Morgan fingerprint density at radius 3 is 2.58 bits per heavy atom. The standard InChI is InChI=1S/C22H22N4O2S.2ClH/c27-29(28,21-9-3-6-15-5-1-2-8-18(15)21)22-19-13-16(10-11-20(19)25-26-22)24-17-7-4-12-23-14-17;;/h1-3,5-6,8-11,13,17,23-24H,4,7,12,14H2,(H,25,26);2*1H. The van der Waals surface area contributed by atoms with Crippen LogP contribution in [-0.2, 0) is 9.84 Å². The van der Waals surface area contributed by atoms with E-state index in [4.69, 9.17) is 0 Å². The molecule has 1 aliphatic rings. The quantitative estimate of drug-likeness (QED) is 0.400. The summed E-state index contributed by atoms with van der Waals surface area (Å²) >= 11 is 0. The number of hydrogen-bond donors (Lipinski definition) is 3. The Labute approximate surface area is 193 Å². The predicted octanol–water partition coefficient (Wildman–Crippen LogP) is 4.56. The number of H-pyrrole nitrogens is 1. The molecular weight excluding hydrogens is 455 g/mol. The lowest BCUT2D eigenvalue weighted by atomic mass is 10.1. The Morgan fingerprint density at radius 1 is 0.968 bits per heavy atom. The largest absolute Gasteiger partial charge is 0.381 e. The van der Waals surface area contributed by atoms with Crippen LogP contribution in [0.1, 0.15) is 12.8 Å². The van der Waals surface area contributed by atoms with Crippen molar-refractivity contribution >= 4 is 62.0 Å². The second-order valence-electron chi connectivity index (χ2n) is 7.46. The summed E-state index contributed by atoms with van der Waals surface area (Å²) < 4.78 is 27.0. The normalized spacial score (nSPS) is 16.5. The second-order valence-corrected chi connectivity index (χ2v) is 9.29. The van der Waals surface area contributed by atoms with Crippen molar-refractivity contribution in [3.8, 4) is 0 Å². The summed E-state index contributed by atoms with van der Waals surface area (Å²) in [6.07, 6.45) is 2.23. The molecule has 5 rings (SSSR count). The number of benzene rings is 3. The van der Waals surface area contributed by atoms with Gasteiger partial charge >= 0.3 is 0 Å². The SMILES string of the molecule is Cl.Cl.O=S(=O)(c1cccc2ccccc12)c1n[nH]c2ccc(NC3CCCNC3)cc12. The van der Waals surface area contributed by atoms with Crippen LogP contribution in [0, 0.1) is 0 Å². The van der Waals surface area contributed by atoms with Crippen molar-refractivity contribution in [3.63, 3.8) is 0 Å². The van der Waals surface area contributed by atoms with Crippen LogP contribution in [0.25, 0.3) is 21.7 Å². The summed E-state index contributed by atoms with van der Waals surface area (Å²) in [6.45, 7) is 1.96. The van der Waals surface area contributed by atoms with Crippen LogP contribution in [0.5, 0.6) is 0 Å². The monoisotopic (exact) mass is 478 g/mol. The number of aromatic amines is 1. The molecule has 0 saturated carbocycles. The molecule has 31 heavy (non-hydrogen) atoms. The van der Waals surface area contributed by atoms with Gasteiger partial charge in [0.25, 0.3) is 0 Å². The maximum Gasteiger partial charge on any atom is 0.226 e. The molecular formula is C22H24Cl2N4O2S. The first kappa shape index (κ1) is 23.3. The number of nitrogens with one attached hydrogen (secondary N) is 3. The van der Waals surface area contributed by atoms with Gasteiger partial charge in [0.1, 0.15) is 0 Å². The highest BCUT2D eigenvalue weighted by Gasteiger charge is 2.26. The number of nitrogens with zero attached hydrogens (tertiary/aromatic N) is 1. The summed E-state index contributed by atoms with van der Waals surface area (Å²) in [5.74, 6) is 0. The van der Waals surface area contributed by atoms with Gasteiger partial charge in [0.05, 0.1) is 10.4 Å². The molecule has 0 radical (unpaired) electrons. The smallest absolute Gasteiger partial charge is 0.226 e. The topological polar surface area (TPSA) is 86.9 Å². The number of piperidine rings is 1. The molecule has 3 N–H and O–H groups in total. The minimum absolute atomic E-state index is 0. The number of hydrogen-bond acceptors (Lipinski definition) is 5. The fourth-order valence-corrected chi connectivity index (χ4v) is 5.60. The summed E-state index contributed by atoms with van der Waals surface area (Å²) in [6, 6.07) is 18.9. The molecule has 1 fully saturated rings. The highest BCUT2D eigenvalue weighted by Crippen LogP contribution is 2.32. The molecule has 0 aliphatic carbocycles. The van der Waals surface area contributed by atoms with Crippen molar-refractivity contribution < 1.29 is 8.42 Å². The lowest BCUT2D eigenvalue weighted by Gasteiger charge is -2.24. The summed E-state index contributed by atoms with van der Waals surface area (Å²) in [7, 11) is -3.78. The van der Waals surface area contributed by atoms with Crippen molar-refractivity contribution in [3.05, 3.63) is 60.7 Å². The van der Waals surface area contributed by atoms with Gasteiger partial charge in [-0.05, 0) is 49.0 Å². The molecule has 4 aromatic rings. The molecule has 1 aromatic heterocycles. The van der Waals surface area contributed by atoms with Crippen LogP contribution in [0.2, 0.25) is 0 Å². The van der Waals surface area contributed by atoms with Gasteiger partial charge in [-0.15, -0.1) is 24.8 Å². The van der Waals surface area contributed by atoms with E-state index in [0.29, 0.717) is 22.3 Å². The molecule has 6 nitrogen and oxygen atoms in total. The van der Waals surface area contributed by atoms with E-state index in [0.717, 1.165) is 37.0 Å². The summed E-state index contributed by atoms with van der Waals surface area (Å²) in [4.78, 5) is 0.277. The average Bonchev–Trinajstić information content (AvgIpc) is 3.18. The van der Waals surface area contributed by atoms with Crippen molar-refractivity contribution in [1.82, 2.24) is 15.5 Å². The third-order valence-corrected chi connectivity index (χ3v) is 7.24. The van der Waals surface area contributed by atoms with E-state index >= 15 is 0 Å². The van der Waals surface area contributed by atoms with E-state index in [1.807, 2.05) is 48.5 Å².